The van der Waals surface area contributed by atoms with Crippen molar-refractivity contribution < 1.29 is 4.79 Å². The number of nitrogens with zero attached hydrogens (tertiary/aromatic N) is 4. The number of benzene rings is 2. The van der Waals surface area contributed by atoms with Crippen molar-refractivity contribution in [2.24, 2.45) is 7.05 Å². The summed E-state index contributed by atoms with van der Waals surface area (Å²) >= 11 is 3.14. The maximum absolute atomic E-state index is 12.5. The Hall–Kier alpha value is -3.04. The summed E-state index contributed by atoms with van der Waals surface area (Å²) < 4.78 is 1.97. The third-order valence-electron chi connectivity index (χ3n) is 4.08. The highest BCUT2D eigenvalue weighted by molar-refractivity contribution is 7.99. The van der Waals surface area contributed by atoms with Gasteiger partial charge in [-0.3, -0.25) is 9.89 Å². The van der Waals surface area contributed by atoms with E-state index in [9.17, 15) is 4.79 Å². The van der Waals surface area contributed by atoms with Gasteiger partial charge in [-0.25, -0.2) is 9.97 Å². The molecule has 29 heavy (non-hydrogen) atoms. The molecule has 0 fully saturated rings. The summed E-state index contributed by atoms with van der Waals surface area (Å²) in [6.07, 6.45) is 5.17. The van der Waals surface area contributed by atoms with Crippen LogP contribution in [0.25, 0.3) is 0 Å². The second-order valence-electron chi connectivity index (χ2n) is 6.18. The predicted octanol–water partition coefficient (Wildman–Crippen LogP) is 4.23. The number of hydrogen-bond donors (Lipinski definition) is 2. The fraction of sp³-hybridized carbons (Fsp3) is 0.100. The molecule has 0 radical (unpaired) electrons. The van der Waals surface area contributed by atoms with Crippen LogP contribution in [0.5, 0.6) is 0 Å². The number of rotatable bonds is 7. The van der Waals surface area contributed by atoms with Gasteiger partial charge in [0.25, 0.3) is 5.91 Å². The van der Waals surface area contributed by atoms with E-state index in [1.807, 2.05) is 66.3 Å². The van der Waals surface area contributed by atoms with Gasteiger partial charge in [-0.1, -0.05) is 35.7 Å². The Morgan fingerprint density at radius 2 is 1.90 bits per heavy atom. The van der Waals surface area contributed by atoms with Gasteiger partial charge in [-0.2, -0.15) is 5.10 Å². The lowest BCUT2D eigenvalue weighted by atomic mass is 10.1. The smallest absolute Gasteiger partial charge is 0.255 e. The van der Waals surface area contributed by atoms with Crippen LogP contribution in [-0.4, -0.2) is 30.6 Å². The summed E-state index contributed by atoms with van der Waals surface area (Å²) in [4.78, 5) is 21.9. The van der Waals surface area contributed by atoms with E-state index in [1.165, 1.54) is 6.33 Å². The van der Waals surface area contributed by atoms with Crippen LogP contribution >= 0.6 is 23.5 Å². The predicted molar refractivity (Wildman–Crippen MR) is 114 cm³/mol. The molecule has 2 N–H and O–H groups in total. The van der Waals surface area contributed by atoms with Crippen molar-refractivity contribution in [2.45, 2.75) is 21.0 Å². The SMILES string of the molecule is Cn1ccnc1Sc1ccc(NC(=O)c2ccc(CSc3ncn[nH]3)cc2)cc1. The minimum atomic E-state index is -0.135. The van der Waals surface area contributed by atoms with Crippen LogP contribution in [-0.2, 0) is 12.8 Å². The lowest BCUT2D eigenvalue weighted by Crippen LogP contribution is -2.11. The van der Waals surface area contributed by atoms with E-state index < -0.39 is 0 Å². The highest BCUT2D eigenvalue weighted by atomic mass is 32.2. The number of H-pyrrole nitrogens is 1. The maximum Gasteiger partial charge on any atom is 0.255 e. The quantitative estimate of drug-likeness (QED) is 0.433. The van der Waals surface area contributed by atoms with Crippen LogP contribution in [0.3, 0.4) is 0 Å². The van der Waals surface area contributed by atoms with Gasteiger partial charge < -0.3 is 9.88 Å². The van der Waals surface area contributed by atoms with Crippen LogP contribution in [0.4, 0.5) is 5.69 Å². The zero-order valence-corrected chi connectivity index (χ0v) is 17.2. The van der Waals surface area contributed by atoms with Gasteiger partial charge in [0, 0.05) is 41.3 Å². The summed E-state index contributed by atoms with van der Waals surface area (Å²) in [6.45, 7) is 0. The van der Waals surface area contributed by atoms with Gasteiger partial charge in [0.2, 0.25) is 0 Å². The van der Waals surface area contributed by atoms with E-state index >= 15 is 0 Å². The Morgan fingerprint density at radius 3 is 2.55 bits per heavy atom. The number of amides is 1. The Kier molecular flexibility index (Phi) is 5.97. The minimum absolute atomic E-state index is 0.135. The van der Waals surface area contributed by atoms with E-state index in [-0.39, 0.29) is 5.91 Å². The zero-order valence-electron chi connectivity index (χ0n) is 15.6. The average Bonchev–Trinajstić information content (AvgIpc) is 3.40. The van der Waals surface area contributed by atoms with E-state index in [4.69, 9.17) is 0 Å². The fourth-order valence-corrected chi connectivity index (χ4v) is 4.07. The Bertz CT molecular complexity index is 1080. The molecular formula is C20H18N6OS2. The molecule has 0 aliphatic rings. The molecule has 0 atom stereocenters. The Balaban J connectivity index is 1.33. The minimum Gasteiger partial charge on any atom is -0.329 e. The van der Waals surface area contributed by atoms with Gasteiger partial charge in [0.1, 0.15) is 6.33 Å². The first-order valence-electron chi connectivity index (χ1n) is 8.81. The number of aromatic nitrogens is 5. The van der Waals surface area contributed by atoms with Crippen LogP contribution in [0.15, 0.2) is 82.5 Å². The zero-order chi connectivity index (χ0) is 20.1. The summed E-state index contributed by atoms with van der Waals surface area (Å²) in [5.74, 6) is 0.621. The molecule has 0 aliphatic heterocycles. The molecule has 0 aliphatic carbocycles. The third kappa shape index (κ3) is 5.07. The maximum atomic E-state index is 12.5. The number of thioether (sulfide) groups is 1. The summed E-state index contributed by atoms with van der Waals surface area (Å²) in [6, 6.07) is 15.3. The van der Waals surface area contributed by atoms with Crippen molar-refractivity contribution in [3.8, 4) is 0 Å². The summed E-state index contributed by atoms with van der Waals surface area (Å²) in [5.41, 5.74) is 2.48. The van der Waals surface area contributed by atoms with Crippen molar-refractivity contribution in [3.05, 3.63) is 78.4 Å². The molecule has 1 amide bonds. The Labute approximate surface area is 176 Å². The van der Waals surface area contributed by atoms with Crippen molar-refractivity contribution in [1.29, 1.82) is 0 Å². The van der Waals surface area contributed by atoms with Gasteiger partial charge in [0.15, 0.2) is 10.3 Å². The third-order valence-corrected chi connectivity index (χ3v) is 6.11. The molecule has 2 heterocycles. The lowest BCUT2D eigenvalue weighted by Gasteiger charge is -2.07. The fourth-order valence-electron chi connectivity index (χ4n) is 2.53. The number of carbonyl (C=O) groups is 1. The molecule has 4 aromatic rings. The number of nitrogens with one attached hydrogen (secondary N) is 2. The molecule has 146 valence electrons. The molecule has 2 aromatic heterocycles. The second-order valence-corrected chi connectivity index (χ2v) is 8.18. The topological polar surface area (TPSA) is 88.5 Å². The van der Waals surface area contributed by atoms with E-state index in [0.29, 0.717) is 5.56 Å². The Morgan fingerprint density at radius 1 is 1.10 bits per heavy atom. The molecule has 0 spiro atoms. The molecular weight excluding hydrogens is 404 g/mol. The van der Waals surface area contributed by atoms with E-state index in [1.54, 1.807) is 29.7 Å². The molecule has 7 nitrogen and oxygen atoms in total. The molecule has 0 saturated carbocycles. The highest BCUT2D eigenvalue weighted by Crippen LogP contribution is 2.27. The molecule has 0 unspecified atom stereocenters. The van der Waals surface area contributed by atoms with Gasteiger partial charge in [0.05, 0.1) is 0 Å². The largest absolute Gasteiger partial charge is 0.329 e. The highest BCUT2D eigenvalue weighted by Gasteiger charge is 2.08. The molecule has 9 heteroatoms. The number of aryl methyl sites for hydroxylation is 1. The first kappa shape index (κ1) is 19.3. The van der Waals surface area contributed by atoms with Gasteiger partial charge in [-0.05, 0) is 42.0 Å². The normalized spacial score (nSPS) is 10.8. The van der Waals surface area contributed by atoms with Crippen LogP contribution in [0.2, 0.25) is 0 Å². The average molecular weight is 423 g/mol. The number of imidazole rings is 1. The number of hydrogen-bond acceptors (Lipinski definition) is 6. The molecule has 2 aromatic carbocycles. The van der Waals surface area contributed by atoms with Crippen molar-refractivity contribution in [3.63, 3.8) is 0 Å². The van der Waals surface area contributed by atoms with Crippen molar-refractivity contribution in [2.75, 3.05) is 5.32 Å². The monoisotopic (exact) mass is 422 g/mol. The van der Waals surface area contributed by atoms with E-state index in [0.717, 1.165) is 32.2 Å². The summed E-state index contributed by atoms with van der Waals surface area (Å²) in [5, 5.41) is 11.3. The van der Waals surface area contributed by atoms with E-state index in [2.05, 4.69) is 25.5 Å². The number of aromatic amines is 1. The number of anilines is 1. The molecule has 0 saturated heterocycles. The standard InChI is InChI=1S/C20H18N6OS2/c1-26-11-10-21-20(26)29-17-8-6-16(7-9-17)24-18(27)15-4-2-14(3-5-15)12-28-19-22-13-23-25-19/h2-11,13H,12H2,1H3,(H,24,27)(H,22,23,25). The van der Waals surface area contributed by atoms with Gasteiger partial charge in [-0.15, -0.1) is 0 Å². The summed E-state index contributed by atoms with van der Waals surface area (Å²) in [7, 11) is 1.96. The van der Waals surface area contributed by atoms with Crippen LogP contribution in [0, 0.1) is 0 Å². The first-order chi connectivity index (χ1) is 14.2. The molecule has 4 rings (SSSR count). The van der Waals surface area contributed by atoms with Gasteiger partial charge >= 0.3 is 0 Å². The van der Waals surface area contributed by atoms with Crippen molar-refractivity contribution in [1.82, 2.24) is 24.7 Å². The lowest BCUT2D eigenvalue weighted by molar-refractivity contribution is 0.102. The number of carbonyl (C=O) groups excluding carboxylic acids is 1. The molecule has 0 bridgehead atoms. The second kappa shape index (κ2) is 8.97. The van der Waals surface area contributed by atoms with Crippen LogP contribution < -0.4 is 5.32 Å². The van der Waals surface area contributed by atoms with Crippen molar-refractivity contribution >= 4 is 35.1 Å². The first-order valence-corrected chi connectivity index (χ1v) is 10.6. The van der Waals surface area contributed by atoms with Crippen LogP contribution in [0.1, 0.15) is 15.9 Å².